The zero-order chi connectivity index (χ0) is 46.5. The highest BCUT2D eigenvalue weighted by Gasteiger charge is 2.49. The number of aromatic nitrogens is 3. The molecule has 7 rings (SSSR count). The summed E-state index contributed by atoms with van der Waals surface area (Å²) in [5.41, 5.74) is 3.65. The highest BCUT2D eigenvalue weighted by atomic mass is 16.6. The van der Waals surface area contributed by atoms with Crippen LogP contribution in [0.3, 0.4) is 0 Å². The molecule has 17 nitrogen and oxygen atoms in total. The minimum Gasteiger partial charge on any atom is -0.508 e. The summed E-state index contributed by atoms with van der Waals surface area (Å²) in [4.78, 5) is 71.7. The Bertz CT molecular complexity index is 2510. The topological polar surface area (TPSA) is 212 Å². The number of likely N-dealkylation sites (N-methyl/N-ethyl adjacent to an activating group) is 1. The van der Waals surface area contributed by atoms with Crippen LogP contribution in [0.1, 0.15) is 65.0 Å². The van der Waals surface area contributed by atoms with Gasteiger partial charge in [-0.3, -0.25) is 28.9 Å². The minimum atomic E-state index is -2.28. The number of hydrazine groups is 1. The largest absolute Gasteiger partial charge is 0.508 e. The number of hydrogen-bond acceptors (Lipinski definition) is 11. The Labute approximate surface area is 372 Å². The van der Waals surface area contributed by atoms with E-state index in [0.29, 0.717) is 24.1 Å². The van der Waals surface area contributed by atoms with Crippen LogP contribution in [0.4, 0.5) is 0 Å². The van der Waals surface area contributed by atoms with Gasteiger partial charge in [-0.15, -0.1) is 0 Å². The van der Waals surface area contributed by atoms with Gasteiger partial charge >= 0.3 is 5.97 Å². The molecule has 0 radical (unpaired) electrons. The Morgan fingerprint density at radius 1 is 1.08 bits per heavy atom. The van der Waals surface area contributed by atoms with Gasteiger partial charge in [0, 0.05) is 81.1 Å². The molecule has 5 heterocycles. The summed E-state index contributed by atoms with van der Waals surface area (Å²) in [5.74, 6) is -4.13. The minimum absolute atomic E-state index is 0.0447. The zero-order valence-electron chi connectivity index (χ0n) is 37.7. The number of esters is 1. The Morgan fingerprint density at radius 3 is 2.50 bits per heavy atom. The first-order valence-electron chi connectivity index (χ1n) is 21.8. The van der Waals surface area contributed by atoms with Gasteiger partial charge in [0.2, 0.25) is 17.5 Å². The number of likely N-dealkylation sites (tertiary alicyclic amines) is 1. The van der Waals surface area contributed by atoms with Crippen LogP contribution < -0.4 is 10.7 Å². The lowest BCUT2D eigenvalue weighted by molar-refractivity contribution is -0.189. The lowest BCUT2D eigenvalue weighted by atomic mass is 9.84. The van der Waals surface area contributed by atoms with E-state index in [-0.39, 0.29) is 57.7 Å². The molecular weight excluding hydrogens is 821 g/mol. The van der Waals surface area contributed by atoms with E-state index in [9.17, 15) is 39.3 Å². The number of cyclic esters (lactones) is 1. The molecular formula is C47H60N8O9. The number of nitrogens with zero attached hydrogens (tertiary/aromatic N) is 6. The van der Waals surface area contributed by atoms with Crippen molar-refractivity contribution in [3.8, 4) is 28.1 Å². The van der Waals surface area contributed by atoms with Crippen molar-refractivity contribution in [2.45, 2.75) is 96.7 Å². The smallest absolute Gasteiger partial charge is 0.355 e. The van der Waals surface area contributed by atoms with Crippen LogP contribution in [0.25, 0.3) is 33.3 Å². The molecule has 0 unspecified atom stereocenters. The number of carbonyl (C=O) groups is 5. The molecule has 4 aromatic rings. The van der Waals surface area contributed by atoms with Gasteiger partial charge in [-0.05, 0) is 78.3 Å². The van der Waals surface area contributed by atoms with Crippen molar-refractivity contribution in [1.82, 2.24) is 39.9 Å². The van der Waals surface area contributed by atoms with Crippen LogP contribution in [0, 0.1) is 11.3 Å². The summed E-state index contributed by atoms with van der Waals surface area (Å²) >= 11 is 0. The van der Waals surface area contributed by atoms with Crippen molar-refractivity contribution in [3.63, 3.8) is 0 Å². The van der Waals surface area contributed by atoms with Crippen LogP contribution in [-0.4, -0.2) is 131 Å². The average Bonchev–Trinajstić information content (AvgIpc) is 3.95. The quantitative estimate of drug-likeness (QED) is 0.128. The van der Waals surface area contributed by atoms with E-state index in [2.05, 4.69) is 40.0 Å². The number of aromatic hydroxyl groups is 1. The molecule has 342 valence electrons. The molecule has 4 amide bonds. The summed E-state index contributed by atoms with van der Waals surface area (Å²) in [7, 11) is 3.26. The molecule has 17 heteroatoms. The Kier molecular flexibility index (Phi) is 12.6. The summed E-state index contributed by atoms with van der Waals surface area (Å²) < 4.78 is 9.87. The molecule has 3 aliphatic rings. The summed E-state index contributed by atoms with van der Waals surface area (Å²) in [5, 5.41) is 43.9. The number of amides is 4. The van der Waals surface area contributed by atoms with Crippen LogP contribution >= 0.6 is 0 Å². The third-order valence-corrected chi connectivity index (χ3v) is 12.7. The lowest BCUT2D eigenvalue weighted by Gasteiger charge is -2.40. The predicted molar refractivity (Wildman–Crippen MR) is 238 cm³/mol. The van der Waals surface area contributed by atoms with E-state index < -0.39 is 64.3 Å². The molecule has 2 aromatic heterocycles. The summed E-state index contributed by atoms with van der Waals surface area (Å²) in [6, 6.07) is 8.54. The zero-order valence-corrected chi connectivity index (χ0v) is 37.7. The van der Waals surface area contributed by atoms with Gasteiger partial charge in [0.1, 0.15) is 17.8 Å². The molecule has 0 aliphatic carbocycles. The number of phenols is 1. The predicted octanol–water partition coefficient (Wildman–Crippen LogP) is 3.04. The molecule has 5 N–H and O–H groups in total. The number of ether oxygens (including phenoxy) is 1. The Balaban J connectivity index is 1.30. The van der Waals surface area contributed by atoms with E-state index in [1.165, 1.54) is 18.0 Å². The number of phenolic OH excluding ortho intramolecular Hbond substituents is 1. The number of fused-ring (bicyclic) bond motifs is 6. The molecule has 0 saturated carbocycles. The third-order valence-electron chi connectivity index (χ3n) is 12.7. The van der Waals surface area contributed by atoms with E-state index in [1.807, 2.05) is 51.5 Å². The fourth-order valence-corrected chi connectivity index (χ4v) is 9.54. The van der Waals surface area contributed by atoms with Gasteiger partial charge in [0.05, 0.1) is 25.0 Å². The van der Waals surface area contributed by atoms with Crippen molar-refractivity contribution < 1.29 is 44.0 Å². The maximum Gasteiger partial charge on any atom is 0.355 e. The van der Waals surface area contributed by atoms with Gasteiger partial charge in [0.25, 0.3) is 11.8 Å². The molecule has 4 atom stereocenters. The van der Waals surface area contributed by atoms with Crippen molar-refractivity contribution in [3.05, 3.63) is 72.6 Å². The molecule has 0 spiro atoms. The van der Waals surface area contributed by atoms with Crippen LogP contribution in [0.5, 0.6) is 5.75 Å². The first kappa shape index (κ1) is 46.0. The van der Waals surface area contributed by atoms with Gasteiger partial charge in [-0.1, -0.05) is 46.4 Å². The molecule has 2 saturated heterocycles. The molecule has 6 bridgehead atoms. The first-order chi connectivity index (χ1) is 30.2. The summed E-state index contributed by atoms with van der Waals surface area (Å²) in [6.45, 7) is 13.5. The number of hydrogen-bond donors (Lipinski definition) is 5. The number of carbonyl (C=O) groups excluding carboxylic acids is 5. The van der Waals surface area contributed by atoms with E-state index in [4.69, 9.17) is 4.74 Å². The van der Waals surface area contributed by atoms with Crippen LogP contribution in [-0.2, 0) is 55.1 Å². The van der Waals surface area contributed by atoms with Crippen LogP contribution in [0.2, 0.25) is 0 Å². The number of nitrogens with one attached hydrogen (secondary N) is 2. The van der Waals surface area contributed by atoms with Gasteiger partial charge in [0.15, 0.2) is 5.60 Å². The standard InChI is InChI=1S/C47H60N8O9/c1-9-38(57)53-17-15-46(62,26-53)43(60)52(8)39(28(3)4)41(58)49-36-20-29-18-31(21-33(56)19-29)30-12-13-37-34(22-30)35(40(54(37)10-2)32-24-48-51(7)25-32)23-45(5,6)27-64-44(61)47(63)14-11-16-55(50-47)42(36)59/h9,12-13,18-19,21-22,24-25,28,36,39,50,56,62-63H,1,10-11,14-17,20,23,26-27H2,2-8H3,(H,49,58)/t36-,39-,46-,47-/m0/s1. The van der Waals surface area contributed by atoms with Gasteiger partial charge in [-0.25, -0.2) is 4.79 Å². The number of rotatable bonds is 8. The van der Waals surface area contributed by atoms with Gasteiger partial charge in [-0.2, -0.15) is 10.5 Å². The number of aliphatic hydroxyl groups is 2. The van der Waals surface area contributed by atoms with E-state index >= 15 is 0 Å². The van der Waals surface area contributed by atoms with E-state index in [1.54, 1.807) is 24.6 Å². The highest BCUT2D eigenvalue weighted by Crippen LogP contribution is 2.40. The highest BCUT2D eigenvalue weighted by molar-refractivity contribution is 5.97. The Hall–Kier alpha value is -6.04. The lowest BCUT2D eigenvalue weighted by Crippen LogP contribution is -2.67. The fourth-order valence-electron chi connectivity index (χ4n) is 9.54. The van der Waals surface area contributed by atoms with Gasteiger partial charge < -0.3 is 39.7 Å². The molecule has 64 heavy (non-hydrogen) atoms. The normalized spacial score (nSPS) is 23.1. The van der Waals surface area contributed by atoms with Crippen molar-refractivity contribution >= 4 is 40.5 Å². The second kappa shape index (κ2) is 17.5. The molecule has 2 aromatic carbocycles. The van der Waals surface area contributed by atoms with Crippen molar-refractivity contribution in [2.24, 2.45) is 18.4 Å². The number of β-amino-alcohol motifs (C(OH)–C–C–N with tert-alkyl or cyclic N) is 1. The number of aryl methyl sites for hydroxylation is 2. The van der Waals surface area contributed by atoms with Crippen molar-refractivity contribution in [2.75, 3.05) is 33.3 Å². The first-order valence-corrected chi connectivity index (χ1v) is 21.8. The van der Waals surface area contributed by atoms with Crippen molar-refractivity contribution in [1.29, 1.82) is 0 Å². The maximum absolute atomic E-state index is 14.7. The third kappa shape index (κ3) is 8.88. The second-order valence-corrected chi connectivity index (χ2v) is 18.7. The average molecular weight is 881 g/mol. The SMILES string of the molecule is C=CC(=O)N1CC[C@@](O)(C(=O)N(C)[C@H](C(=O)N[C@H]2Cc3cc(O)cc(c3)-c3ccc4c(c3)c(c(-c3cnn(C)c3)n4CC)CC(C)(C)COC(=O)[C@@]3(O)CCCN(N3)C2=O)C(C)C)C1. The fraction of sp³-hybridized carbons (Fsp3) is 0.489. The van der Waals surface area contributed by atoms with Crippen LogP contribution in [0.15, 0.2) is 61.4 Å². The van der Waals surface area contributed by atoms with E-state index in [0.717, 1.165) is 49.3 Å². The second-order valence-electron chi connectivity index (χ2n) is 18.7. The summed E-state index contributed by atoms with van der Waals surface area (Å²) in [6.07, 6.45) is 5.34. The molecule has 3 aliphatic heterocycles. The maximum atomic E-state index is 14.7. The number of benzene rings is 2. The Morgan fingerprint density at radius 2 is 1.83 bits per heavy atom. The molecule has 2 fully saturated rings. The monoisotopic (exact) mass is 880 g/mol.